The fraction of sp³-hybridized carbons (Fsp3) is 0. The van der Waals surface area contributed by atoms with Gasteiger partial charge in [0, 0.05) is 95.2 Å². The Morgan fingerprint density at radius 2 is 0.586 bits per heavy atom. The van der Waals surface area contributed by atoms with Gasteiger partial charge >= 0.3 is 0 Å². The average molecular weight is 498 g/mol. The van der Waals surface area contributed by atoms with E-state index in [0.29, 0.717) is 0 Å². The molecule has 2 aromatic carbocycles. The first-order valence-electron chi connectivity index (χ1n) is 9.07. The topological polar surface area (TPSA) is 51.6 Å². The summed E-state index contributed by atoms with van der Waals surface area (Å²) in [7, 11) is 0. The van der Waals surface area contributed by atoms with Crippen molar-refractivity contribution in [2.75, 3.05) is 0 Å². The number of nitrogens with zero attached hydrogens (tertiary/aromatic N) is 4. The van der Waals surface area contributed by atoms with Gasteiger partial charge in [-0.3, -0.25) is 19.9 Å². The number of pyridine rings is 4. The summed E-state index contributed by atoms with van der Waals surface area (Å²) in [5, 5.41) is 4.55. The van der Waals surface area contributed by atoms with Gasteiger partial charge in [0.05, 0.1) is 22.1 Å². The monoisotopic (exact) mass is 498 g/mol. The van der Waals surface area contributed by atoms with Crippen LogP contribution in [0, 0.1) is 0 Å². The van der Waals surface area contributed by atoms with E-state index in [0.717, 1.165) is 43.6 Å². The Labute approximate surface area is 208 Å². The molecule has 0 amide bonds. The minimum Gasteiger partial charge on any atom is -0.254 e. The second-order valence-corrected chi connectivity index (χ2v) is 6.43. The van der Waals surface area contributed by atoms with Crippen molar-refractivity contribution in [3.05, 3.63) is 97.6 Å². The molecule has 0 spiro atoms. The van der Waals surface area contributed by atoms with Crippen molar-refractivity contribution in [3.63, 3.8) is 0 Å². The first-order chi connectivity index (χ1) is 13.9. The summed E-state index contributed by atoms with van der Waals surface area (Å²) in [5.74, 6) is 0. The zero-order valence-corrected chi connectivity index (χ0v) is 20.2. The molecule has 2 radical (unpaired) electrons. The molecule has 0 bridgehead atoms. The molecule has 0 aliphatic rings. The van der Waals surface area contributed by atoms with Gasteiger partial charge < -0.3 is 0 Å². The standard InChI is InChI=1S/2C12H8N2.Ba/c2*1-3-9-5-6-10-4-2-8-14-12(10)11(9)13-7-1;/h2*1-8H;. The molecule has 4 nitrogen and oxygen atoms in total. The van der Waals surface area contributed by atoms with E-state index in [2.05, 4.69) is 68.5 Å². The van der Waals surface area contributed by atoms with Gasteiger partial charge in [-0.15, -0.1) is 0 Å². The van der Waals surface area contributed by atoms with Gasteiger partial charge in [-0.25, -0.2) is 0 Å². The maximum absolute atomic E-state index is 4.35. The fourth-order valence-electron chi connectivity index (χ4n) is 3.36. The number of aromatic nitrogens is 4. The average Bonchev–Trinajstić information content (AvgIpc) is 2.79. The van der Waals surface area contributed by atoms with Gasteiger partial charge in [-0.1, -0.05) is 48.5 Å². The molecule has 6 rings (SSSR count). The third-order valence-corrected chi connectivity index (χ3v) is 4.69. The second-order valence-electron chi connectivity index (χ2n) is 6.43. The van der Waals surface area contributed by atoms with E-state index in [9.17, 15) is 0 Å². The largest absolute Gasteiger partial charge is 0.254 e. The van der Waals surface area contributed by atoms with Gasteiger partial charge in [0.1, 0.15) is 0 Å². The van der Waals surface area contributed by atoms with Gasteiger partial charge in [-0.2, -0.15) is 0 Å². The van der Waals surface area contributed by atoms with Crippen LogP contribution in [0.1, 0.15) is 0 Å². The Kier molecular flexibility index (Phi) is 6.18. The molecular weight excluding hydrogens is 482 g/mol. The molecule has 0 saturated carbocycles. The smallest absolute Gasteiger partial charge is 0.0964 e. The predicted octanol–water partition coefficient (Wildman–Crippen LogP) is 5.19. The van der Waals surface area contributed by atoms with Crippen LogP contribution in [0.2, 0.25) is 0 Å². The van der Waals surface area contributed by atoms with Crippen molar-refractivity contribution in [2.24, 2.45) is 0 Å². The van der Waals surface area contributed by atoms with Crippen molar-refractivity contribution in [3.8, 4) is 0 Å². The molecule has 0 atom stereocenters. The van der Waals surface area contributed by atoms with Crippen LogP contribution in [0.25, 0.3) is 43.6 Å². The molecular formula is C24H16BaN4. The van der Waals surface area contributed by atoms with Crippen molar-refractivity contribution in [2.45, 2.75) is 0 Å². The molecule has 4 heterocycles. The molecule has 0 unspecified atom stereocenters. The van der Waals surface area contributed by atoms with Gasteiger partial charge in [0.25, 0.3) is 0 Å². The third kappa shape index (κ3) is 4.03. The van der Waals surface area contributed by atoms with Crippen LogP contribution >= 0.6 is 0 Å². The Hall–Kier alpha value is -2.35. The summed E-state index contributed by atoms with van der Waals surface area (Å²) in [6.45, 7) is 0. The molecule has 0 aliphatic carbocycles. The van der Waals surface area contributed by atoms with Crippen LogP contribution in [-0.2, 0) is 0 Å². The Bertz CT molecular complexity index is 1210. The number of rotatable bonds is 0. The first kappa shape index (κ1) is 19.9. The van der Waals surface area contributed by atoms with E-state index in [1.165, 1.54) is 0 Å². The molecule has 134 valence electrons. The second kappa shape index (κ2) is 8.99. The van der Waals surface area contributed by atoms with Crippen molar-refractivity contribution >= 4 is 92.5 Å². The summed E-state index contributed by atoms with van der Waals surface area (Å²) in [4.78, 5) is 17.4. The maximum atomic E-state index is 4.35. The molecule has 6 aromatic rings. The maximum Gasteiger partial charge on any atom is 0.0964 e. The minimum atomic E-state index is 0. The van der Waals surface area contributed by atoms with E-state index in [4.69, 9.17) is 0 Å². The van der Waals surface area contributed by atoms with Crippen molar-refractivity contribution in [1.82, 2.24) is 19.9 Å². The van der Waals surface area contributed by atoms with Crippen LogP contribution in [0.15, 0.2) is 97.6 Å². The van der Waals surface area contributed by atoms with Crippen molar-refractivity contribution < 1.29 is 0 Å². The van der Waals surface area contributed by atoms with Gasteiger partial charge in [-0.05, 0) is 24.3 Å². The predicted molar refractivity (Wildman–Crippen MR) is 120 cm³/mol. The summed E-state index contributed by atoms with van der Waals surface area (Å²) < 4.78 is 0. The summed E-state index contributed by atoms with van der Waals surface area (Å²) >= 11 is 0. The van der Waals surface area contributed by atoms with E-state index >= 15 is 0 Å². The Morgan fingerprint density at radius 3 is 0.828 bits per heavy atom. The molecule has 5 heteroatoms. The molecule has 0 saturated heterocycles. The van der Waals surface area contributed by atoms with E-state index < -0.39 is 0 Å². The number of hydrogen-bond acceptors (Lipinski definition) is 4. The zero-order chi connectivity index (χ0) is 18.8. The summed E-state index contributed by atoms with van der Waals surface area (Å²) in [5.41, 5.74) is 3.91. The van der Waals surface area contributed by atoms with Gasteiger partial charge in [0.15, 0.2) is 0 Å². The van der Waals surface area contributed by atoms with E-state index in [-0.39, 0.29) is 48.9 Å². The van der Waals surface area contributed by atoms with E-state index in [1.54, 1.807) is 24.8 Å². The molecule has 4 aromatic heterocycles. The van der Waals surface area contributed by atoms with Crippen molar-refractivity contribution in [1.29, 1.82) is 0 Å². The molecule has 0 fully saturated rings. The molecule has 0 aliphatic heterocycles. The molecule has 0 N–H and O–H groups in total. The van der Waals surface area contributed by atoms with Crippen LogP contribution < -0.4 is 0 Å². The Balaban J connectivity index is 0.000000137. The number of fused-ring (bicyclic) bond motifs is 6. The zero-order valence-electron chi connectivity index (χ0n) is 15.7. The fourth-order valence-corrected chi connectivity index (χ4v) is 3.36. The Morgan fingerprint density at radius 1 is 0.345 bits per heavy atom. The van der Waals surface area contributed by atoms with Crippen LogP contribution in [-0.4, -0.2) is 68.8 Å². The minimum absolute atomic E-state index is 0. The summed E-state index contributed by atoms with van der Waals surface area (Å²) in [6.07, 6.45) is 7.21. The van der Waals surface area contributed by atoms with Crippen LogP contribution in [0.3, 0.4) is 0 Å². The number of hydrogen-bond donors (Lipinski definition) is 0. The summed E-state index contributed by atoms with van der Waals surface area (Å²) in [6, 6.07) is 24.3. The SMILES string of the molecule is [Ba].c1cnc2c(c1)ccc1cccnc12.c1cnc2c(c1)ccc1cccnc12. The first-order valence-corrected chi connectivity index (χ1v) is 9.07. The van der Waals surface area contributed by atoms with Crippen LogP contribution in [0.5, 0.6) is 0 Å². The van der Waals surface area contributed by atoms with E-state index in [1.807, 2.05) is 24.3 Å². The van der Waals surface area contributed by atoms with Gasteiger partial charge in [0.2, 0.25) is 0 Å². The normalized spacial score (nSPS) is 10.5. The number of benzene rings is 2. The quantitative estimate of drug-likeness (QED) is 0.214. The van der Waals surface area contributed by atoms with Crippen LogP contribution in [0.4, 0.5) is 0 Å². The molecule has 29 heavy (non-hydrogen) atoms. The third-order valence-electron chi connectivity index (χ3n) is 4.69.